The van der Waals surface area contributed by atoms with Crippen LogP contribution in [0.4, 0.5) is 0 Å². The van der Waals surface area contributed by atoms with Crippen molar-refractivity contribution in [1.82, 2.24) is 10.6 Å². The first-order valence-electron chi connectivity index (χ1n) is 6.38. The van der Waals surface area contributed by atoms with Gasteiger partial charge in [-0.2, -0.15) is 0 Å². The van der Waals surface area contributed by atoms with Crippen LogP contribution in [0.5, 0.6) is 0 Å². The molecule has 1 unspecified atom stereocenters. The first-order valence-corrected chi connectivity index (χ1v) is 6.38. The molecule has 6 heteroatoms. The van der Waals surface area contributed by atoms with E-state index in [-0.39, 0.29) is 36.2 Å². The van der Waals surface area contributed by atoms with Gasteiger partial charge in [-0.05, 0) is 18.8 Å². The largest absolute Gasteiger partial charge is 0.481 e. The van der Waals surface area contributed by atoms with Crippen LogP contribution in [0.15, 0.2) is 0 Å². The number of amides is 2. The Morgan fingerprint density at radius 2 is 1.74 bits per heavy atom. The van der Waals surface area contributed by atoms with Gasteiger partial charge in [-0.1, -0.05) is 20.8 Å². The fraction of sp³-hybridized carbons (Fsp3) is 0.769. The molecule has 0 fully saturated rings. The van der Waals surface area contributed by atoms with Gasteiger partial charge < -0.3 is 15.7 Å². The first-order chi connectivity index (χ1) is 8.60. The van der Waals surface area contributed by atoms with Crippen molar-refractivity contribution in [1.29, 1.82) is 0 Å². The third kappa shape index (κ3) is 11.2. The summed E-state index contributed by atoms with van der Waals surface area (Å²) in [5, 5.41) is 13.7. The molecule has 0 bridgehead atoms. The summed E-state index contributed by atoms with van der Waals surface area (Å²) in [6.07, 6.45) is 0.740. The second-order valence-electron chi connectivity index (χ2n) is 5.92. The van der Waals surface area contributed by atoms with Gasteiger partial charge in [0, 0.05) is 18.9 Å². The lowest BCUT2D eigenvalue weighted by atomic mass is 9.92. The van der Waals surface area contributed by atoms with E-state index in [1.54, 1.807) is 6.92 Å². The zero-order valence-corrected chi connectivity index (χ0v) is 12.1. The molecule has 0 saturated carbocycles. The van der Waals surface area contributed by atoms with E-state index in [0.29, 0.717) is 12.8 Å². The van der Waals surface area contributed by atoms with Gasteiger partial charge in [-0.15, -0.1) is 0 Å². The monoisotopic (exact) mass is 272 g/mol. The minimum absolute atomic E-state index is 0.0117. The van der Waals surface area contributed by atoms with Crippen LogP contribution in [0.3, 0.4) is 0 Å². The summed E-state index contributed by atoms with van der Waals surface area (Å²) in [6.45, 7) is 7.49. The summed E-state index contributed by atoms with van der Waals surface area (Å²) < 4.78 is 0. The van der Waals surface area contributed by atoms with Gasteiger partial charge in [0.05, 0.1) is 6.54 Å². The molecule has 2 amide bonds. The Bertz CT molecular complexity index is 334. The molecule has 0 aliphatic heterocycles. The molecular weight excluding hydrogens is 248 g/mol. The summed E-state index contributed by atoms with van der Waals surface area (Å²) >= 11 is 0. The summed E-state index contributed by atoms with van der Waals surface area (Å²) in [5.41, 5.74) is -0.116. The molecule has 0 saturated heterocycles. The van der Waals surface area contributed by atoms with Crippen molar-refractivity contribution in [2.75, 3.05) is 6.54 Å². The Morgan fingerprint density at radius 3 is 2.21 bits per heavy atom. The van der Waals surface area contributed by atoms with Crippen molar-refractivity contribution in [3.8, 4) is 0 Å². The minimum Gasteiger partial charge on any atom is -0.481 e. The third-order valence-electron chi connectivity index (χ3n) is 2.34. The zero-order valence-electron chi connectivity index (χ0n) is 12.1. The summed E-state index contributed by atoms with van der Waals surface area (Å²) in [6, 6.07) is -0.219. The standard InChI is InChI=1S/C13H24N2O4/c1-9(5-6-12(18)19)15-11(17)8-14-10(16)7-13(2,3)4/h9H,5-8H2,1-4H3,(H,14,16)(H,15,17)(H,18,19). The molecule has 0 spiro atoms. The number of aliphatic carboxylic acids is 1. The molecule has 0 aliphatic rings. The predicted octanol–water partition coefficient (Wildman–Crippen LogP) is 0.908. The van der Waals surface area contributed by atoms with Crippen LogP contribution in [0.25, 0.3) is 0 Å². The van der Waals surface area contributed by atoms with E-state index in [1.807, 2.05) is 20.8 Å². The number of rotatable bonds is 7. The molecule has 0 aromatic carbocycles. The van der Waals surface area contributed by atoms with E-state index < -0.39 is 5.97 Å². The lowest BCUT2D eigenvalue weighted by molar-refractivity contribution is -0.137. The molecule has 110 valence electrons. The molecule has 6 nitrogen and oxygen atoms in total. The average molecular weight is 272 g/mol. The van der Waals surface area contributed by atoms with E-state index in [4.69, 9.17) is 5.11 Å². The fourth-order valence-corrected chi connectivity index (χ4v) is 1.46. The Morgan fingerprint density at radius 1 is 1.16 bits per heavy atom. The molecule has 0 aromatic rings. The van der Waals surface area contributed by atoms with Crippen molar-refractivity contribution in [2.24, 2.45) is 5.41 Å². The van der Waals surface area contributed by atoms with Crippen LogP contribution in [0.2, 0.25) is 0 Å². The van der Waals surface area contributed by atoms with Crippen LogP contribution in [0, 0.1) is 5.41 Å². The van der Waals surface area contributed by atoms with Crippen LogP contribution in [-0.4, -0.2) is 35.5 Å². The lowest BCUT2D eigenvalue weighted by Crippen LogP contribution is -2.41. The molecule has 0 rings (SSSR count). The van der Waals surface area contributed by atoms with E-state index in [2.05, 4.69) is 10.6 Å². The second-order valence-corrected chi connectivity index (χ2v) is 5.92. The summed E-state index contributed by atoms with van der Waals surface area (Å²) in [5.74, 6) is -1.36. The number of nitrogens with one attached hydrogen (secondary N) is 2. The maximum Gasteiger partial charge on any atom is 0.303 e. The molecule has 0 aliphatic carbocycles. The molecule has 0 radical (unpaired) electrons. The first kappa shape index (κ1) is 17.4. The molecule has 19 heavy (non-hydrogen) atoms. The Labute approximate surface area is 113 Å². The zero-order chi connectivity index (χ0) is 15.1. The van der Waals surface area contributed by atoms with Crippen molar-refractivity contribution in [2.45, 2.75) is 53.0 Å². The maximum atomic E-state index is 11.5. The SMILES string of the molecule is CC(CCC(=O)O)NC(=O)CNC(=O)CC(C)(C)C. The Hall–Kier alpha value is -1.59. The van der Waals surface area contributed by atoms with Gasteiger partial charge in [0.15, 0.2) is 0 Å². The number of carbonyl (C=O) groups excluding carboxylic acids is 2. The fourth-order valence-electron chi connectivity index (χ4n) is 1.46. The highest BCUT2D eigenvalue weighted by Gasteiger charge is 2.16. The topological polar surface area (TPSA) is 95.5 Å². The van der Waals surface area contributed by atoms with E-state index in [1.165, 1.54) is 0 Å². The lowest BCUT2D eigenvalue weighted by Gasteiger charge is -2.17. The van der Waals surface area contributed by atoms with E-state index in [9.17, 15) is 14.4 Å². The smallest absolute Gasteiger partial charge is 0.303 e. The van der Waals surface area contributed by atoms with Crippen LogP contribution < -0.4 is 10.6 Å². The minimum atomic E-state index is -0.889. The van der Waals surface area contributed by atoms with Crippen LogP contribution in [-0.2, 0) is 14.4 Å². The summed E-state index contributed by atoms with van der Waals surface area (Å²) in [4.78, 5) is 33.4. The Balaban J connectivity index is 3.86. The summed E-state index contributed by atoms with van der Waals surface area (Å²) in [7, 11) is 0. The highest BCUT2D eigenvalue weighted by Crippen LogP contribution is 2.17. The van der Waals surface area contributed by atoms with Crippen molar-refractivity contribution < 1.29 is 19.5 Å². The van der Waals surface area contributed by atoms with Crippen molar-refractivity contribution in [3.63, 3.8) is 0 Å². The van der Waals surface area contributed by atoms with Gasteiger partial charge in [0.25, 0.3) is 0 Å². The molecule has 3 N–H and O–H groups in total. The molecule has 0 aromatic heterocycles. The predicted molar refractivity (Wildman–Crippen MR) is 71.6 cm³/mol. The van der Waals surface area contributed by atoms with Gasteiger partial charge in [-0.3, -0.25) is 14.4 Å². The highest BCUT2D eigenvalue weighted by molar-refractivity contribution is 5.85. The van der Waals surface area contributed by atoms with E-state index in [0.717, 1.165) is 0 Å². The van der Waals surface area contributed by atoms with Crippen molar-refractivity contribution >= 4 is 17.8 Å². The number of carboxylic acids is 1. The maximum absolute atomic E-state index is 11.5. The van der Waals surface area contributed by atoms with Gasteiger partial charge in [-0.25, -0.2) is 0 Å². The average Bonchev–Trinajstić information content (AvgIpc) is 2.21. The highest BCUT2D eigenvalue weighted by atomic mass is 16.4. The quantitative estimate of drug-likeness (QED) is 0.642. The van der Waals surface area contributed by atoms with E-state index >= 15 is 0 Å². The number of hydrogen-bond acceptors (Lipinski definition) is 3. The van der Waals surface area contributed by atoms with Crippen LogP contribution in [0.1, 0.15) is 47.0 Å². The van der Waals surface area contributed by atoms with Crippen LogP contribution >= 0.6 is 0 Å². The van der Waals surface area contributed by atoms with Gasteiger partial charge in [0.1, 0.15) is 0 Å². The number of hydrogen-bond donors (Lipinski definition) is 3. The number of carbonyl (C=O) groups is 3. The molecule has 1 atom stereocenters. The second kappa shape index (κ2) is 7.76. The number of carboxylic acid groups (broad SMARTS) is 1. The Kier molecular flexibility index (Phi) is 7.11. The van der Waals surface area contributed by atoms with Crippen molar-refractivity contribution in [3.05, 3.63) is 0 Å². The van der Waals surface area contributed by atoms with Gasteiger partial charge in [0.2, 0.25) is 11.8 Å². The third-order valence-corrected chi connectivity index (χ3v) is 2.34. The molecule has 0 heterocycles. The molecular formula is C13H24N2O4. The van der Waals surface area contributed by atoms with Gasteiger partial charge >= 0.3 is 5.97 Å². The normalized spacial score (nSPS) is 12.6.